The van der Waals surface area contributed by atoms with Gasteiger partial charge in [0.25, 0.3) is 5.91 Å². The fourth-order valence-electron chi connectivity index (χ4n) is 7.32. The zero-order valence-electron chi connectivity index (χ0n) is 25.1. The molecular weight excluding hydrogens is 592 g/mol. The summed E-state index contributed by atoms with van der Waals surface area (Å²) < 4.78 is 0. The highest BCUT2D eigenvalue weighted by Gasteiger charge is 2.68. The van der Waals surface area contributed by atoms with Crippen LogP contribution < -0.4 is 11.1 Å². The van der Waals surface area contributed by atoms with Crippen LogP contribution in [0.5, 0.6) is 5.75 Å². The number of primary amides is 1. The van der Waals surface area contributed by atoms with E-state index < -0.39 is 87.4 Å². The summed E-state index contributed by atoms with van der Waals surface area (Å²) in [5.74, 6) is -9.23. The van der Waals surface area contributed by atoms with Gasteiger partial charge in [0.1, 0.15) is 22.8 Å². The Morgan fingerprint density at radius 1 is 1.18 bits per heavy atom. The maximum absolute atomic E-state index is 14.1. The monoisotopic (exact) mass is 630 g/mol. The third-order valence-corrected chi connectivity index (χ3v) is 10.7. The molecule has 13 nitrogen and oxygen atoms in total. The molecule has 1 saturated heterocycles. The summed E-state index contributed by atoms with van der Waals surface area (Å²) in [4.78, 5) is 56.1. The topological polar surface area (TPSA) is 214 Å². The van der Waals surface area contributed by atoms with Gasteiger partial charge in [0, 0.05) is 35.6 Å². The minimum Gasteiger partial charge on any atom is -0.508 e. The molecule has 238 valence electrons. The molecule has 1 heterocycles. The Labute approximate surface area is 258 Å². The first kappa shape index (κ1) is 32.0. The molecule has 6 unspecified atom stereocenters. The van der Waals surface area contributed by atoms with Crippen molar-refractivity contribution in [3.05, 3.63) is 40.2 Å². The second-order valence-electron chi connectivity index (χ2n) is 12.3. The third kappa shape index (κ3) is 4.53. The fourth-order valence-corrected chi connectivity index (χ4v) is 8.36. The van der Waals surface area contributed by atoms with E-state index in [2.05, 4.69) is 12.2 Å². The van der Waals surface area contributed by atoms with Gasteiger partial charge >= 0.3 is 0 Å². The van der Waals surface area contributed by atoms with Crippen LogP contribution in [0.25, 0.3) is 5.76 Å². The molecule has 1 aromatic carbocycles. The summed E-state index contributed by atoms with van der Waals surface area (Å²) >= 11 is 1.82. The number of carbonyl (C=O) groups excluding carboxylic acids is 4. The van der Waals surface area contributed by atoms with Gasteiger partial charge in [-0.15, -0.1) is 0 Å². The number of ketones is 2. The number of Topliss-reactive ketones (excluding diaryl/α,β-unsaturated/α-hetero) is 2. The first-order chi connectivity index (χ1) is 20.5. The van der Waals surface area contributed by atoms with Crippen molar-refractivity contribution in [3.63, 3.8) is 0 Å². The number of fused-ring (bicyclic) bond motifs is 3. The van der Waals surface area contributed by atoms with Crippen LogP contribution in [0, 0.1) is 11.8 Å². The lowest BCUT2D eigenvalue weighted by Crippen LogP contribution is -2.70. The molecule has 3 aliphatic carbocycles. The van der Waals surface area contributed by atoms with Gasteiger partial charge in [-0.2, -0.15) is 11.8 Å². The number of carbonyl (C=O) groups is 4. The van der Waals surface area contributed by atoms with Gasteiger partial charge in [-0.25, -0.2) is 0 Å². The molecule has 2 fully saturated rings. The van der Waals surface area contributed by atoms with Crippen LogP contribution in [0.15, 0.2) is 29.0 Å². The Balaban J connectivity index is 1.60. The van der Waals surface area contributed by atoms with Crippen molar-refractivity contribution in [2.24, 2.45) is 17.6 Å². The normalized spacial score (nSPS) is 33.1. The van der Waals surface area contributed by atoms with Crippen LogP contribution in [0.2, 0.25) is 0 Å². The molecule has 2 amide bonds. The molecule has 0 spiro atoms. The zero-order valence-corrected chi connectivity index (χ0v) is 25.9. The van der Waals surface area contributed by atoms with Gasteiger partial charge in [0.05, 0.1) is 35.4 Å². The SMILES string of the molecule is CC1CN(C(C)C(=O)Nc2ccc3c(c2O)C(O)=C2C(=O)[C@]4(O)C(O)=C(C(N)=O)C(=O)[C@@H](N(C)C)C4C(O)C2C3C)CCS1. The number of hydrogen-bond donors (Lipinski definition) is 7. The predicted octanol–water partition coefficient (Wildman–Crippen LogP) is 0.260. The maximum Gasteiger partial charge on any atom is 0.255 e. The second-order valence-corrected chi connectivity index (χ2v) is 13.9. The number of rotatable bonds is 5. The Bertz CT molecular complexity index is 1520. The Morgan fingerprint density at radius 2 is 1.84 bits per heavy atom. The second kappa shape index (κ2) is 11.2. The van der Waals surface area contributed by atoms with Crippen LogP contribution in [0.1, 0.15) is 37.8 Å². The molecule has 0 bridgehead atoms. The van der Waals surface area contributed by atoms with E-state index in [4.69, 9.17) is 5.73 Å². The number of nitrogens with one attached hydrogen (secondary N) is 1. The van der Waals surface area contributed by atoms with E-state index in [0.717, 1.165) is 12.3 Å². The number of hydrogen-bond acceptors (Lipinski definition) is 12. The lowest BCUT2D eigenvalue weighted by molar-refractivity contribution is -0.169. The number of amides is 2. The van der Waals surface area contributed by atoms with Crippen LogP contribution >= 0.6 is 11.8 Å². The summed E-state index contributed by atoms with van der Waals surface area (Å²) in [6.07, 6.45) is -1.68. The quantitative estimate of drug-likeness (QED) is 0.172. The van der Waals surface area contributed by atoms with Crippen molar-refractivity contribution in [1.82, 2.24) is 9.80 Å². The van der Waals surface area contributed by atoms with Crippen molar-refractivity contribution in [2.75, 3.05) is 38.3 Å². The number of benzene rings is 1. The first-order valence-corrected chi connectivity index (χ1v) is 15.5. The van der Waals surface area contributed by atoms with Crippen molar-refractivity contribution in [3.8, 4) is 5.75 Å². The standard InChI is InChI=1S/C30H38N4O9S/c1-11-10-34(8-9-44-11)13(3)29(42)32-15-7-6-14-12(2)16-18(23(36)17(14)22(15)35)26(39)30(43)20(24(16)37)21(33(4)5)25(38)19(27(30)40)28(31)41/h6-7,11-13,16,20-21,24,35-37,40,43H,8-10H2,1-5H3,(H2,31,41)(H,32,42)/t11?,12?,13?,16?,20?,21-,24?,30-/m0/s1. The largest absolute Gasteiger partial charge is 0.508 e. The van der Waals surface area contributed by atoms with Gasteiger partial charge in [-0.1, -0.05) is 19.9 Å². The highest BCUT2D eigenvalue weighted by Crippen LogP contribution is 2.56. The predicted molar refractivity (Wildman–Crippen MR) is 162 cm³/mol. The van der Waals surface area contributed by atoms with Crippen molar-refractivity contribution in [2.45, 2.75) is 55.7 Å². The minimum absolute atomic E-state index is 0.0204. The highest BCUT2D eigenvalue weighted by molar-refractivity contribution is 7.99. The van der Waals surface area contributed by atoms with E-state index in [1.165, 1.54) is 25.1 Å². The summed E-state index contributed by atoms with van der Waals surface area (Å²) in [5.41, 5.74) is 1.03. The number of phenolic OH excluding ortho intramolecular Hbond substituents is 1. The van der Waals surface area contributed by atoms with Gasteiger partial charge in [-0.3, -0.25) is 29.0 Å². The van der Waals surface area contributed by atoms with Gasteiger partial charge in [0.2, 0.25) is 11.7 Å². The average molecular weight is 631 g/mol. The lowest BCUT2D eigenvalue weighted by Gasteiger charge is -2.53. The number of aromatic hydroxyl groups is 1. The number of aliphatic hydroxyl groups is 4. The summed E-state index contributed by atoms with van der Waals surface area (Å²) in [6.45, 7) is 6.92. The number of aliphatic hydroxyl groups excluding tert-OH is 3. The third-order valence-electron chi connectivity index (χ3n) is 9.59. The first-order valence-electron chi connectivity index (χ1n) is 14.4. The number of anilines is 1. The van der Waals surface area contributed by atoms with Crippen LogP contribution in [0.4, 0.5) is 5.69 Å². The van der Waals surface area contributed by atoms with Crippen LogP contribution in [-0.2, 0) is 19.2 Å². The number of thioether (sulfide) groups is 1. The molecule has 0 aromatic heterocycles. The molecule has 1 aliphatic heterocycles. The fraction of sp³-hybridized carbons (Fsp3) is 0.533. The Kier molecular flexibility index (Phi) is 8.12. The van der Waals surface area contributed by atoms with E-state index >= 15 is 0 Å². The van der Waals surface area contributed by atoms with Gasteiger partial charge < -0.3 is 36.6 Å². The number of nitrogens with zero attached hydrogens (tertiary/aromatic N) is 2. The number of nitrogens with two attached hydrogens (primary N) is 1. The molecular formula is C30H38N4O9S. The van der Waals surface area contributed by atoms with Crippen LogP contribution in [0.3, 0.4) is 0 Å². The van der Waals surface area contributed by atoms with E-state index in [1.807, 2.05) is 16.7 Å². The van der Waals surface area contributed by atoms with Crippen molar-refractivity contribution in [1.29, 1.82) is 0 Å². The van der Waals surface area contributed by atoms with E-state index in [1.54, 1.807) is 19.9 Å². The molecule has 44 heavy (non-hydrogen) atoms. The van der Waals surface area contributed by atoms with E-state index in [9.17, 15) is 44.7 Å². The molecule has 0 radical (unpaired) electrons. The summed E-state index contributed by atoms with van der Waals surface area (Å²) in [5, 5.41) is 60.5. The minimum atomic E-state index is -3.00. The number of phenols is 1. The van der Waals surface area contributed by atoms with Gasteiger partial charge in [-0.05, 0) is 38.6 Å². The molecule has 4 aliphatic rings. The van der Waals surface area contributed by atoms with E-state index in [-0.39, 0.29) is 17.2 Å². The average Bonchev–Trinajstić information content (AvgIpc) is 2.95. The smallest absolute Gasteiger partial charge is 0.255 e. The molecule has 1 aromatic rings. The Hall–Kier alpha value is -3.43. The van der Waals surface area contributed by atoms with Crippen molar-refractivity contribution >= 4 is 46.6 Å². The van der Waals surface area contributed by atoms with Crippen LogP contribution in [-0.4, -0.2) is 121 Å². The highest BCUT2D eigenvalue weighted by atomic mass is 32.2. The molecule has 14 heteroatoms. The zero-order chi connectivity index (χ0) is 32.6. The van der Waals surface area contributed by atoms with Crippen molar-refractivity contribution < 1.29 is 44.7 Å². The van der Waals surface area contributed by atoms with E-state index in [0.29, 0.717) is 17.4 Å². The Morgan fingerprint density at radius 3 is 2.43 bits per heavy atom. The summed E-state index contributed by atoms with van der Waals surface area (Å²) in [6, 6.07) is 1.08. The molecule has 1 saturated carbocycles. The lowest BCUT2D eigenvalue weighted by atomic mass is 9.54. The summed E-state index contributed by atoms with van der Waals surface area (Å²) in [7, 11) is 2.90. The number of likely N-dealkylation sites (N-methyl/N-ethyl adjacent to an activating group) is 1. The molecule has 8 N–H and O–H groups in total. The maximum atomic E-state index is 14.1. The molecule has 8 atom stereocenters. The van der Waals surface area contributed by atoms with Gasteiger partial charge in [0.15, 0.2) is 11.4 Å². The molecule has 5 rings (SSSR count).